The molecule has 0 radical (unpaired) electrons. The van der Waals surface area contributed by atoms with Crippen molar-refractivity contribution in [1.29, 1.82) is 0 Å². The van der Waals surface area contributed by atoms with E-state index in [4.69, 9.17) is 21.1 Å². The molecule has 3 N–H and O–H groups in total. The van der Waals surface area contributed by atoms with Crippen LogP contribution in [0, 0.1) is 5.82 Å². The Morgan fingerprint density at radius 2 is 1.68 bits per heavy atom. The molecule has 2 atom stereocenters. The number of halogens is 4. The largest absolute Gasteiger partial charge is 0.586 e. The van der Waals surface area contributed by atoms with E-state index in [-0.39, 0.29) is 33.9 Å². The van der Waals surface area contributed by atoms with Crippen LogP contribution >= 0.6 is 11.6 Å². The molecule has 4 aliphatic rings. The van der Waals surface area contributed by atoms with Gasteiger partial charge >= 0.3 is 6.29 Å². The first kappa shape index (κ1) is 26.2. The Morgan fingerprint density at radius 1 is 1.03 bits per heavy atom. The number of ether oxygens (including phenoxy) is 4. The first-order chi connectivity index (χ1) is 17.9. The highest BCUT2D eigenvalue weighted by Gasteiger charge is 2.62. The van der Waals surface area contributed by atoms with Crippen LogP contribution in [0.2, 0.25) is 5.02 Å². The Balaban J connectivity index is 1.29. The van der Waals surface area contributed by atoms with E-state index >= 15 is 0 Å². The van der Waals surface area contributed by atoms with Crippen molar-refractivity contribution in [2.45, 2.75) is 62.2 Å². The van der Waals surface area contributed by atoms with Gasteiger partial charge in [0.25, 0.3) is 5.91 Å². The molecule has 2 aromatic rings. The average molecular weight is 557 g/mol. The number of amides is 2. The fourth-order valence-electron chi connectivity index (χ4n) is 5.42. The molecule has 2 aromatic carbocycles. The fourth-order valence-corrected chi connectivity index (χ4v) is 5.53. The number of alkyl halides is 2. The quantitative estimate of drug-likeness (QED) is 0.479. The molecule has 2 bridgehead atoms. The number of fused-ring (bicyclic) bond motifs is 4. The summed E-state index contributed by atoms with van der Waals surface area (Å²) in [7, 11) is 0. The maximum atomic E-state index is 14.0. The molecule has 0 saturated heterocycles. The van der Waals surface area contributed by atoms with Crippen LogP contribution < -0.4 is 29.6 Å². The summed E-state index contributed by atoms with van der Waals surface area (Å²) in [5, 5.41) is 17.0. The van der Waals surface area contributed by atoms with Gasteiger partial charge in [-0.1, -0.05) is 11.6 Å². The molecule has 0 aromatic heterocycles. The molecule has 3 saturated carbocycles. The maximum absolute atomic E-state index is 14.0. The third kappa shape index (κ3) is 4.90. The highest BCUT2D eigenvalue weighted by atomic mass is 35.5. The first-order valence-electron chi connectivity index (χ1n) is 11.8. The number of nitrogens with one attached hydrogen (secondary N) is 2. The lowest BCUT2D eigenvalue weighted by Crippen LogP contribution is -2.78. The Hall–Kier alpha value is -3.38. The normalized spacial score (nSPS) is 28.5. The van der Waals surface area contributed by atoms with Gasteiger partial charge in [0.05, 0.1) is 16.1 Å². The summed E-state index contributed by atoms with van der Waals surface area (Å²) < 4.78 is 60.7. The zero-order chi connectivity index (χ0) is 27.3. The van der Waals surface area contributed by atoms with Crippen LogP contribution in [0.15, 0.2) is 36.4 Å². The van der Waals surface area contributed by atoms with Gasteiger partial charge in [0.15, 0.2) is 18.1 Å². The minimum absolute atomic E-state index is 0.0976. The van der Waals surface area contributed by atoms with Crippen LogP contribution in [-0.4, -0.2) is 53.1 Å². The van der Waals surface area contributed by atoms with Gasteiger partial charge in [-0.15, -0.1) is 8.78 Å². The lowest BCUT2D eigenvalue weighted by molar-refractivity contribution is -0.286. The topological polar surface area (TPSA) is 115 Å². The molecule has 1 heterocycles. The molecule has 3 aliphatic carbocycles. The van der Waals surface area contributed by atoms with Gasteiger partial charge < -0.3 is 34.7 Å². The van der Waals surface area contributed by atoms with Gasteiger partial charge in [0, 0.05) is 19.1 Å². The number of carbonyl (C=O) groups excluding carboxylic acids is 2. The summed E-state index contributed by atoms with van der Waals surface area (Å²) >= 11 is 5.76. The number of aliphatic hydroxyl groups excluding tert-OH is 1. The van der Waals surface area contributed by atoms with Crippen LogP contribution in [0.3, 0.4) is 0 Å². The third-order valence-electron chi connectivity index (χ3n) is 7.14. The number of rotatable bonds is 7. The standard InChI is InChI=1S/C25H24ClF3N2O7/c1-13(32)30-24-8-6-23(7-9-24,21(34)22(24)36-15-2-4-16(26)17(27)10-15)31-20(33)12-35-14-3-5-18-19(11-14)38-25(28,29)37-18/h2-5,10-11,21-22,34H,6-9,12H2,1H3,(H,30,32)(H,31,33). The molecule has 2 unspecified atom stereocenters. The molecule has 1 aliphatic heterocycles. The number of hydrogen-bond acceptors (Lipinski definition) is 7. The summed E-state index contributed by atoms with van der Waals surface area (Å²) in [5.41, 5.74) is -2.04. The average Bonchev–Trinajstić information content (AvgIpc) is 3.16. The van der Waals surface area contributed by atoms with Crippen LogP contribution in [0.4, 0.5) is 13.2 Å². The van der Waals surface area contributed by atoms with Crippen LogP contribution in [0.1, 0.15) is 32.6 Å². The van der Waals surface area contributed by atoms with Gasteiger partial charge in [-0.2, -0.15) is 0 Å². The minimum atomic E-state index is -3.78. The van der Waals surface area contributed by atoms with E-state index in [0.717, 1.165) is 6.07 Å². The molecule has 38 heavy (non-hydrogen) atoms. The Morgan fingerprint density at radius 3 is 2.37 bits per heavy atom. The molecule has 2 amide bonds. The summed E-state index contributed by atoms with van der Waals surface area (Å²) in [5.74, 6) is -1.78. The van der Waals surface area contributed by atoms with Gasteiger partial charge in [-0.3, -0.25) is 9.59 Å². The Labute approximate surface area is 220 Å². The lowest BCUT2D eigenvalue weighted by Gasteiger charge is -2.59. The van der Waals surface area contributed by atoms with Crippen LogP contribution in [-0.2, 0) is 9.59 Å². The molecule has 9 nitrogen and oxygen atoms in total. The summed E-state index contributed by atoms with van der Waals surface area (Å²) in [4.78, 5) is 24.9. The predicted molar refractivity (Wildman–Crippen MR) is 126 cm³/mol. The monoisotopic (exact) mass is 556 g/mol. The van der Waals surface area contributed by atoms with Crippen molar-refractivity contribution in [3.63, 3.8) is 0 Å². The molecular weight excluding hydrogens is 533 g/mol. The molecular formula is C25H24ClF3N2O7. The van der Waals surface area contributed by atoms with Crippen molar-refractivity contribution in [3.05, 3.63) is 47.2 Å². The highest BCUT2D eigenvalue weighted by molar-refractivity contribution is 6.30. The zero-order valence-electron chi connectivity index (χ0n) is 20.1. The minimum Gasteiger partial charge on any atom is -0.485 e. The fraction of sp³-hybridized carbons (Fsp3) is 0.440. The lowest BCUT2D eigenvalue weighted by atomic mass is 9.58. The van der Waals surface area contributed by atoms with Gasteiger partial charge in [0.2, 0.25) is 5.91 Å². The maximum Gasteiger partial charge on any atom is 0.586 e. The van der Waals surface area contributed by atoms with Crippen molar-refractivity contribution < 1.29 is 46.8 Å². The van der Waals surface area contributed by atoms with Gasteiger partial charge in [-0.05, 0) is 49.9 Å². The van der Waals surface area contributed by atoms with E-state index in [1.54, 1.807) is 0 Å². The van der Waals surface area contributed by atoms with E-state index in [1.165, 1.54) is 37.3 Å². The third-order valence-corrected chi connectivity index (χ3v) is 7.45. The smallest absolute Gasteiger partial charge is 0.485 e. The van der Waals surface area contributed by atoms with Crippen molar-refractivity contribution >= 4 is 23.4 Å². The Kier molecular flexibility index (Phi) is 6.50. The molecule has 0 spiro atoms. The van der Waals surface area contributed by atoms with Crippen molar-refractivity contribution in [1.82, 2.24) is 10.6 Å². The van der Waals surface area contributed by atoms with Gasteiger partial charge in [-0.25, -0.2) is 4.39 Å². The second-order valence-electron chi connectivity index (χ2n) is 9.67. The first-order valence-corrected chi connectivity index (χ1v) is 12.2. The van der Waals surface area contributed by atoms with E-state index in [2.05, 4.69) is 20.1 Å². The predicted octanol–water partition coefficient (Wildman–Crippen LogP) is 3.31. The molecule has 204 valence electrons. The van der Waals surface area contributed by atoms with E-state index in [9.17, 15) is 27.9 Å². The zero-order valence-corrected chi connectivity index (χ0v) is 20.8. The van der Waals surface area contributed by atoms with E-state index in [1.807, 2.05) is 0 Å². The van der Waals surface area contributed by atoms with Crippen molar-refractivity contribution in [3.8, 4) is 23.0 Å². The Bertz CT molecular complexity index is 1270. The molecule has 13 heteroatoms. The second kappa shape index (κ2) is 9.42. The van der Waals surface area contributed by atoms with Crippen molar-refractivity contribution in [2.24, 2.45) is 0 Å². The van der Waals surface area contributed by atoms with Gasteiger partial charge in [0.1, 0.15) is 29.5 Å². The SMILES string of the molecule is CC(=O)NC12CCC(NC(=O)COc3ccc4c(c3)OC(F)(F)O4)(CC1)C(O)C2Oc1ccc(Cl)c(F)c1. The number of hydrogen-bond donors (Lipinski definition) is 3. The molecule has 3 fully saturated rings. The van der Waals surface area contributed by atoms with Crippen LogP contribution in [0.5, 0.6) is 23.0 Å². The van der Waals surface area contributed by atoms with E-state index < -0.39 is 47.9 Å². The summed E-state index contributed by atoms with van der Waals surface area (Å²) in [6.45, 7) is 0.877. The number of benzene rings is 2. The number of carbonyl (C=O) groups is 2. The summed E-state index contributed by atoms with van der Waals surface area (Å²) in [6, 6.07) is 7.60. The highest BCUT2D eigenvalue weighted by Crippen LogP contribution is 2.49. The molecule has 6 rings (SSSR count). The van der Waals surface area contributed by atoms with E-state index in [0.29, 0.717) is 25.7 Å². The second-order valence-corrected chi connectivity index (χ2v) is 10.1. The van der Waals surface area contributed by atoms with Crippen LogP contribution in [0.25, 0.3) is 0 Å². The van der Waals surface area contributed by atoms with Crippen molar-refractivity contribution in [2.75, 3.05) is 6.61 Å². The summed E-state index contributed by atoms with van der Waals surface area (Å²) in [6.07, 6.45) is -4.65. The number of aliphatic hydroxyl groups is 1.